The van der Waals surface area contributed by atoms with Crippen LogP contribution in [0.25, 0.3) is 5.69 Å². The van der Waals surface area contributed by atoms with Crippen LogP contribution in [0.2, 0.25) is 0 Å². The van der Waals surface area contributed by atoms with Gasteiger partial charge in [0.15, 0.2) is 5.16 Å². The SMILES string of the molecule is O=C(CSc1nc2c(c(=O)n1-c1ccc(Br)cc1)SCC2)N1CCCCC1. The summed E-state index contributed by atoms with van der Waals surface area (Å²) in [7, 11) is 0. The van der Waals surface area contributed by atoms with E-state index in [1.807, 2.05) is 29.2 Å². The number of aryl methyl sites for hydroxylation is 1. The molecule has 1 amide bonds. The van der Waals surface area contributed by atoms with E-state index in [0.717, 1.165) is 58.9 Å². The highest BCUT2D eigenvalue weighted by molar-refractivity contribution is 9.10. The molecule has 0 radical (unpaired) electrons. The van der Waals surface area contributed by atoms with E-state index >= 15 is 0 Å². The Kier molecular flexibility index (Phi) is 5.94. The summed E-state index contributed by atoms with van der Waals surface area (Å²) in [5.41, 5.74) is 1.61. The number of halogens is 1. The molecule has 27 heavy (non-hydrogen) atoms. The first-order valence-corrected chi connectivity index (χ1v) is 11.8. The van der Waals surface area contributed by atoms with Crippen LogP contribution < -0.4 is 5.56 Å². The molecule has 2 aliphatic heterocycles. The average Bonchev–Trinajstić information content (AvgIpc) is 3.17. The van der Waals surface area contributed by atoms with Crippen LogP contribution in [0.4, 0.5) is 0 Å². The number of aromatic nitrogens is 2. The fourth-order valence-corrected chi connectivity index (χ4v) is 5.59. The van der Waals surface area contributed by atoms with E-state index in [1.54, 1.807) is 16.3 Å². The number of fused-ring (bicyclic) bond motifs is 1. The van der Waals surface area contributed by atoms with E-state index in [0.29, 0.717) is 10.9 Å². The number of carbonyl (C=O) groups is 1. The van der Waals surface area contributed by atoms with Crippen LogP contribution in [0.5, 0.6) is 0 Å². The number of nitrogens with zero attached hydrogens (tertiary/aromatic N) is 3. The van der Waals surface area contributed by atoms with Crippen LogP contribution in [0.3, 0.4) is 0 Å². The van der Waals surface area contributed by atoms with Gasteiger partial charge in [0.25, 0.3) is 5.56 Å². The molecule has 0 aliphatic carbocycles. The molecule has 0 atom stereocenters. The van der Waals surface area contributed by atoms with Gasteiger partial charge in [-0.25, -0.2) is 4.98 Å². The first-order valence-electron chi connectivity index (χ1n) is 9.09. The largest absolute Gasteiger partial charge is 0.342 e. The summed E-state index contributed by atoms with van der Waals surface area (Å²) in [6.45, 7) is 1.68. The number of likely N-dealkylation sites (tertiary alicyclic amines) is 1. The highest BCUT2D eigenvalue weighted by atomic mass is 79.9. The molecular weight excluding hydrogens is 446 g/mol. The number of benzene rings is 1. The van der Waals surface area contributed by atoms with Gasteiger partial charge < -0.3 is 4.90 Å². The van der Waals surface area contributed by atoms with Crippen molar-refractivity contribution < 1.29 is 4.79 Å². The minimum atomic E-state index is -0.0299. The van der Waals surface area contributed by atoms with E-state index in [4.69, 9.17) is 4.98 Å². The number of hydrogen-bond acceptors (Lipinski definition) is 5. The van der Waals surface area contributed by atoms with Crippen molar-refractivity contribution in [3.05, 3.63) is 44.8 Å². The van der Waals surface area contributed by atoms with Crippen molar-refractivity contribution in [3.8, 4) is 5.69 Å². The molecule has 2 aromatic rings. The summed E-state index contributed by atoms with van der Waals surface area (Å²) in [6, 6.07) is 7.62. The molecule has 0 saturated carbocycles. The second kappa shape index (κ2) is 8.41. The van der Waals surface area contributed by atoms with Gasteiger partial charge >= 0.3 is 0 Å². The summed E-state index contributed by atoms with van der Waals surface area (Å²) in [5, 5.41) is 0.605. The van der Waals surface area contributed by atoms with Crippen LogP contribution in [0.1, 0.15) is 25.0 Å². The maximum atomic E-state index is 13.1. The third-order valence-electron chi connectivity index (χ3n) is 4.78. The molecule has 8 heteroatoms. The normalized spacial score (nSPS) is 16.4. The molecule has 1 fully saturated rings. The molecule has 1 aromatic carbocycles. The lowest BCUT2D eigenvalue weighted by atomic mass is 10.1. The maximum absolute atomic E-state index is 13.1. The Morgan fingerprint density at radius 2 is 1.93 bits per heavy atom. The number of piperidine rings is 1. The smallest absolute Gasteiger partial charge is 0.272 e. The second-order valence-electron chi connectivity index (χ2n) is 6.62. The summed E-state index contributed by atoms with van der Waals surface area (Å²) in [5.74, 6) is 1.33. The van der Waals surface area contributed by atoms with Crippen molar-refractivity contribution in [1.29, 1.82) is 0 Å². The van der Waals surface area contributed by atoms with E-state index in [-0.39, 0.29) is 11.5 Å². The van der Waals surface area contributed by atoms with Gasteiger partial charge in [0.05, 0.1) is 22.0 Å². The summed E-state index contributed by atoms with van der Waals surface area (Å²) in [6.07, 6.45) is 4.16. The fraction of sp³-hybridized carbons (Fsp3) is 0.421. The average molecular weight is 466 g/mol. The predicted molar refractivity (Wildman–Crippen MR) is 113 cm³/mol. The molecule has 0 N–H and O–H groups in total. The van der Waals surface area contributed by atoms with Gasteiger partial charge in [0.1, 0.15) is 0 Å². The Labute approximate surface area is 175 Å². The Morgan fingerprint density at radius 1 is 1.19 bits per heavy atom. The van der Waals surface area contributed by atoms with Crippen molar-refractivity contribution in [2.24, 2.45) is 0 Å². The molecule has 1 saturated heterocycles. The van der Waals surface area contributed by atoms with E-state index < -0.39 is 0 Å². The Bertz CT molecular complexity index is 908. The fourth-order valence-electron chi connectivity index (χ4n) is 3.37. The topological polar surface area (TPSA) is 55.2 Å². The van der Waals surface area contributed by atoms with Crippen LogP contribution >= 0.6 is 39.5 Å². The van der Waals surface area contributed by atoms with Crippen molar-refractivity contribution in [3.63, 3.8) is 0 Å². The zero-order chi connectivity index (χ0) is 18.8. The van der Waals surface area contributed by atoms with Crippen LogP contribution in [-0.2, 0) is 11.2 Å². The van der Waals surface area contributed by atoms with Crippen LogP contribution in [0.15, 0.2) is 43.6 Å². The lowest BCUT2D eigenvalue weighted by Crippen LogP contribution is -2.37. The zero-order valence-electron chi connectivity index (χ0n) is 14.8. The Hall–Kier alpha value is -1.25. The molecule has 4 rings (SSSR count). The molecule has 0 unspecified atom stereocenters. The minimum Gasteiger partial charge on any atom is -0.342 e. The van der Waals surface area contributed by atoms with Crippen molar-refractivity contribution in [1.82, 2.24) is 14.5 Å². The summed E-state index contributed by atoms with van der Waals surface area (Å²) in [4.78, 5) is 33.1. The number of carbonyl (C=O) groups excluding carboxylic acids is 1. The molecule has 2 aliphatic rings. The third-order valence-corrected chi connectivity index (χ3v) is 7.34. The highest BCUT2D eigenvalue weighted by Crippen LogP contribution is 2.30. The number of hydrogen-bond donors (Lipinski definition) is 0. The van der Waals surface area contributed by atoms with Gasteiger partial charge in [0, 0.05) is 29.7 Å². The lowest BCUT2D eigenvalue weighted by Gasteiger charge is -2.26. The van der Waals surface area contributed by atoms with Crippen LogP contribution in [-0.4, -0.2) is 45.0 Å². The van der Waals surface area contributed by atoms with E-state index in [2.05, 4.69) is 15.9 Å². The van der Waals surface area contributed by atoms with Gasteiger partial charge in [-0.2, -0.15) is 0 Å². The Morgan fingerprint density at radius 3 is 2.67 bits per heavy atom. The minimum absolute atomic E-state index is 0.0299. The standard InChI is InChI=1S/C19H20BrN3O2S2/c20-13-4-6-14(7-5-13)23-18(25)17-15(8-11-26-17)21-19(23)27-12-16(24)22-9-2-1-3-10-22/h4-7H,1-3,8-12H2. The van der Waals surface area contributed by atoms with Gasteiger partial charge in [-0.3, -0.25) is 14.2 Å². The quantitative estimate of drug-likeness (QED) is 0.508. The number of amides is 1. The van der Waals surface area contributed by atoms with Gasteiger partial charge in [-0.1, -0.05) is 27.7 Å². The molecule has 1 aromatic heterocycles. The molecular formula is C19H20BrN3O2S2. The van der Waals surface area contributed by atoms with Gasteiger partial charge in [0.2, 0.25) is 5.91 Å². The predicted octanol–water partition coefficient (Wildman–Crippen LogP) is 3.75. The molecule has 5 nitrogen and oxygen atoms in total. The van der Waals surface area contributed by atoms with Crippen molar-refractivity contribution in [2.45, 2.75) is 35.7 Å². The lowest BCUT2D eigenvalue weighted by molar-refractivity contribution is -0.129. The van der Waals surface area contributed by atoms with Crippen molar-refractivity contribution >= 4 is 45.4 Å². The summed E-state index contributed by atoms with van der Waals surface area (Å²) < 4.78 is 2.61. The van der Waals surface area contributed by atoms with E-state index in [1.165, 1.54) is 18.2 Å². The first-order chi connectivity index (χ1) is 13.1. The second-order valence-corrected chi connectivity index (χ2v) is 9.58. The molecule has 0 spiro atoms. The van der Waals surface area contributed by atoms with Crippen LogP contribution in [0, 0.1) is 0 Å². The maximum Gasteiger partial charge on any atom is 0.272 e. The third kappa shape index (κ3) is 4.12. The van der Waals surface area contributed by atoms with Gasteiger partial charge in [-0.15, -0.1) is 11.8 Å². The monoisotopic (exact) mass is 465 g/mol. The number of thioether (sulfide) groups is 2. The zero-order valence-corrected chi connectivity index (χ0v) is 18.0. The van der Waals surface area contributed by atoms with E-state index in [9.17, 15) is 9.59 Å². The number of rotatable bonds is 4. The molecule has 142 valence electrons. The highest BCUT2D eigenvalue weighted by Gasteiger charge is 2.24. The van der Waals surface area contributed by atoms with Gasteiger partial charge in [-0.05, 0) is 43.5 Å². The Balaban J connectivity index is 1.64. The molecule has 3 heterocycles. The van der Waals surface area contributed by atoms with Crippen molar-refractivity contribution in [2.75, 3.05) is 24.6 Å². The molecule has 0 bridgehead atoms. The summed E-state index contributed by atoms with van der Waals surface area (Å²) >= 11 is 6.38. The first kappa shape index (κ1) is 19.1.